The number of nitrogens with zero attached hydrogens (tertiary/aromatic N) is 1. The van der Waals surface area contributed by atoms with Gasteiger partial charge in [-0.25, -0.2) is 8.42 Å². The molecule has 0 fully saturated rings. The number of aromatic nitrogens is 1. The average Bonchev–Trinajstić information content (AvgIpc) is 2.73. The first-order valence-corrected chi connectivity index (χ1v) is 11.4. The van der Waals surface area contributed by atoms with Gasteiger partial charge in [0, 0.05) is 11.4 Å². The molecular formula is C25H27ClN2O3S. The quantitative estimate of drug-likeness (QED) is 0.412. The summed E-state index contributed by atoms with van der Waals surface area (Å²) >= 11 is 0. The van der Waals surface area contributed by atoms with Crippen molar-refractivity contribution in [2.45, 2.75) is 19.1 Å². The number of methoxy groups -OCH3 is 1. The molecule has 0 aliphatic heterocycles. The smallest absolute Gasteiger partial charge is 0.243 e. The fourth-order valence-corrected chi connectivity index (χ4v) is 4.72. The Hall–Kier alpha value is -3.09. The number of nitrogens with one attached hydrogen (secondary N) is 1. The minimum atomic E-state index is -3.77. The zero-order chi connectivity index (χ0) is 22.4. The van der Waals surface area contributed by atoms with Crippen LogP contribution in [0.1, 0.15) is 33.3 Å². The van der Waals surface area contributed by atoms with Gasteiger partial charge in [-0.3, -0.25) is 9.71 Å². The molecule has 0 bridgehead atoms. The van der Waals surface area contributed by atoms with Crippen molar-refractivity contribution in [2.24, 2.45) is 0 Å². The van der Waals surface area contributed by atoms with E-state index < -0.39 is 15.3 Å². The molecule has 1 N–H and O–H groups in total. The van der Waals surface area contributed by atoms with Gasteiger partial charge < -0.3 is 4.74 Å². The molecule has 1 heterocycles. The number of anilines is 1. The van der Waals surface area contributed by atoms with Gasteiger partial charge >= 0.3 is 0 Å². The second kappa shape index (κ2) is 11.0. The topological polar surface area (TPSA) is 68.3 Å². The van der Waals surface area contributed by atoms with Crippen LogP contribution in [0.2, 0.25) is 0 Å². The second-order valence-electron chi connectivity index (χ2n) is 7.18. The third-order valence-corrected chi connectivity index (χ3v) is 6.40. The maximum Gasteiger partial charge on any atom is 0.243 e. The monoisotopic (exact) mass is 470 g/mol. The summed E-state index contributed by atoms with van der Waals surface area (Å²) in [5.74, 6) is 0.661. The molecule has 32 heavy (non-hydrogen) atoms. The third-order valence-electron chi connectivity index (χ3n) is 4.76. The first-order chi connectivity index (χ1) is 14.8. The molecule has 0 aliphatic carbocycles. The highest BCUT2D eigenvalue weighted by Gasteiger charge is 2.25. The van der Waals surface area contributed by atoms with Crippen LogP contribution in [-0.2, 0) is 10.0 Å². The van der Waals surface area contributed by atoms with E-state index in [9.17, 15) is 8.42 Å². The van der Waals surface area contributed by atoms with Crippen molar-refractivity contribution < 1.29 is 13.2 Å². The van der Waals surface area contributed by atoms with Gasteiger partial charge in [0.2, 0.25) is 10.0 Å². The minimum Gasteiger partial charge on any atom is -0.497 e. The summed E-state index contributed by atoms with van der Waals surface area (Å²) in [7, 11) is -2.20. The summed E-state index contributed by atoms with van der Waals surface area (Å²) in [6.07, 6.45) is 5.26. The highest BCUT2D eigenvalue weighted by Crippen LogP contribution is 2.29. The van der Waals surface area contributed by atoms with Crippen LogP contribution in [-0.4, -0.2) is 20.5 Å². The Morgan fingerprint density at radius 1 is 1.00 bits per heavy atom. The molecular weight excluding hydrogens is 444 g/mol. The van der Waals surface area contributed by atoms with Crippen LogP contribution in [0.4, 0.5) is 5.69 Å². The van der Waals surface area contributed by atoms with Crippen molar-refractivity contribution in [3.05, 3.63) is 101 Å². The first kappa shape index (κ1) is 25.2. The largest absolute Gasteiger partial charge is 0.497 e. The predicted molar refractivity (Wildman–Crippen MR) is 135 cm³/mol. The van der Waals surface area contributed by atoms with Gasteiger partial charge in [-0.2, -0.15) is 0 Å². The zero-order valence-corrected chi connectivity index (χ0v) is 19.9. The molecule has 0 amide bonds. The van der Waals surface area contributed by atoms with Crippen molar-refractivity contribution in [3.63, 3.8) is 0 Å². The minimum absolute atomic E-state index is 0. The lowest BCUT2D eigenvalue weighted by Gasteiger charge is -2.17. The molecule has 1 atom stereocenters. The van der Waals surface area contributed by atoms with E-state index in [1.54, 1.807) is 43.5 Å². The van der Waals surface area contributed by atoms with Gasteiger partial charge in [0.25, 0.3) is 0 Å². The van der Waals surface area contributed by atoms with E-state index >= 15 is 0 Å². The summed E-state index contributed by atoms with van der Waals surface area (Å²) in [6.45, 7) is 7.62. The molecule has 0 spiro atoms. The Morgan fingerprint density at radius 3 is 2.22 bits per heavy atom. The molecule has 1 unspecified atom stereocenters. The molecule has 7 heteroatoms. The highest BCUT2D eigenvalue weighted by molar-refractivity contribution is 7.93. The normalized spacial score (nSPS) is 12.1. The molecule has 0 saturated carbocycles. The van der Waals surface area contributed by atoms with Gasteiger partial charge in [0.1, 0.15) is 11.0 Å². The van der Waals surface area contributed by atoms with Crippen LogP contribution >= 0.6 is 12.4 Å². The lowest BCUT2D eigenvalue weighted by atomic mass is 10.1. The van der Waals surface area contributed by atoms with Crippen molar-refractivity contribution in [2.75, 3.05) is 11.8 Å². The number of sulfonamides is 1. The van der Waals surface area contributed by atoms with E-state index in [4.69, 9.17) is 4.74 Å². The lowest BCUT2D eigenvalue weighted by molar-refractivity contribution is 0.414. The molecule has 0 saturated heterocycles. The summed E-state index contributed by atoms with van der Waals surface area (Å²) in [5, 5.41) is -0.902. The van der Waals surface area contributed by atoms with Crippen molar-refractivity contribution in [3.8, 4) is 5.75 Å². The van der Waals surface area contributed by atoms with Crippen LogP contribution in [0.25, 0.3) is 12.2 Å². The Labute approximate surface area is 196 Å². The average molecular weight is 471 g/mol. The Bertz CT molecular complexity index is 1190. The standard InChI is InChI=1S/C25H26N2O3S.ClH/c1-5-25(22-12-14-23(30-4)15-13-22)31(28,29)27-24-9-7-6-8-21(24)11-10-20-16-18(2)26-19(3)17-20;/h5-17,25,27H,1H2,2-4H3;1H. The van der Waals surface area contributed by atoms with E-state index in [-0.39, 0.29) is 12.4 Å². The lowest BCUT2D eigenvalue weighted by Crippen LogP contribution is -2.20. The van der Waals surface area contributed by atoms with Crippen LogP contribution in [0.5, 0.6) is 5.75 Å². The summed E-state index contributed by atoms with van der Waals surface area (Å²) in [4.78, 5) is 4.38. The van der Waals surface area contributed by atoms with E-state index in [2.05, 4.69) is 16.3 Å². The van der Waals surface area contributed by atoms with E-state index in [1.165, 1.54) is 6.08 Å². The van der Waals surface area contributed by atoms with Gasteiger partial charge in [-0.05, 0) is 60.9 Å². The molecule has 168 valence electrons. The second-order valence-corrected chi connectivity index (χ2v) is 8.98. The molecule has 1 aromatic heterocycles. The van der Waals surface area contributed by atoms with Crippen LogP contribution in [0.15, 0.2) is 73.3 Å². The third kappa shape index (κ3) is 6.22. The van der Waals surface area contributed by atoms with E-state index in [0.29, 0.717) is 17.0 Å². The van der Waals surface area contributed by atoms with Gasteiger partial charge in [0.05, 0.1) is 12.8 Å². The fourth-order valence-electron chi connectivity index (χ4n) is 3.34. The van der Waals surface area contributed by atoms with Crippen molar-refractivity contribution >= 4 is 40.3 Å². The molecule has 3 rings (SSSR count). The number of para-hydroxylation sites is 1. The summed E-state index contributed by atoms with van der Waals surface area (Å²) in [6, 6.07) is 18.2. The number of halogens is 1. The number of hydrogen-bond acceptors (Lipinski definition) is 4. The number of hydrogen-bond donors (Lipinski definition) is 1. The Morgan fingerprint density at radius 2 is 1.62 bits per heavy atom. The zero-order valence-electron chi connectivity index (χ0n) is 18.3. The van der Waals surface area contributed by atoms with E-state index in [0.717, 1.165) is 22.5 Å². The molecule has 5 nitrogen and oxygen atoms in total. The van der Waals surface area contributed by atoms with Crippen molar-refractivity contribution in [1.29, 1.82) is 0 Å². The number of rotatable bonds is 8. The summed E-state index contributed by atoms with van der Waals surface area (Å²) < 4.78 is 34.2. The van der Waals surface area contributed by atoms with Crippen molar-refractivity contribution in [1.82, 2.24) is 4.98 Å². The predicted octanol–water partition coefficient (Wildman–Crippen LogP) is 5.97. The van der Waals surface area contributed by atoms with Crippen LogP contribution in [0.3, 0.4) is 0 Å². The molecule has 2 aromatic carbocycles. The Kier molecular flexibility index (Phi) is 8.63. The number of ether oxygens (including phenoxy) is 1. The molecule has 0 aliphatic rings. The number of benzene rings is 2. The van der Waals surface area contributed by atoms with Gasteiger partial charge in [0.15, 0.2) is 0 Å². The first-order valence-electron chi connectivity index (χ1n) is 9.83. The summed E-state index contributed by atoms with van der Waals surface area (Å²) in [5.41, 5.74) is 4.74. The van der Waals surface area contributed by atoms with Crippen LogP contribution < -0.4 is 9.46 Å². The fraction of sp³-hybridized carbons (Fsp3) is 0.160. The maximum atomic E-state index is 13.2. The highest BCUT2D eigenvalue weighted by atomic mass is 35.5. The van der Waals surface area contributed by atoms with Crippen LogP contribution in [0, 0.1) is 13.8 Å². The van der Waals surface area contributed by atoms with Gasteiger partial charge in [-0.15, -0.1) is 19.0 Å². The maximum absolute atomic E-state index is 13.2. The molecule has 0 radical (unpaired) electrons. The van der Waals surface area contributed by atoms with Gasteiger partial charge in [-0.1, -0.05) is 48.6 Å². The van der Waals surface area contributed by atoms with E-state index in [1.807, 2.05) is 50.3 Å². The number of pyridine rings is 1. The number of aryl methyl sites for hydroxylation is 2. The Balaban J connectivity index is 0.00000363. The SMILES string of the molecule is C=CC(c1ccc(OC)cc1)S(=O)(=O)Nc1ccccc1C=Cc1cc(C)nc(C)c1.Cl. The molecule has 3 aromatic rings.